The molecule has 0 amide bonds. The summed E-state index contributed by atoms with van der Waals surface area (Å²) in [6, 6.07) is 3.18. The first kappa shape index (κ1) is 8.32. The van der Waals surface area contributed by atoms with E-state index in [2.05, 4.69) is 4.98 Å². The Balaban J connectivity index is 2.63. The van der Waals surface area contributed by atoms with Crippen molar-refractivity contribution in [2.45, 2.75) is 0 Å². The number of aliphatic carboxylic acids is 1. The summed E-state index contributed by atoms with van der Waals surface area (Å²) in [6.45, 7) is -0.407. The maximum absolute atomic E-state index is 10.1. The van der Waals surface area contributed by atoms with Crippen LogP contribution in [0.2, 0.25) is 0 Å². The van der Waals surface area contributed by atoms with E-state index in [0.29, 0.717) is 5.75 Å². The first-order chi connectivity index (χ1) is 5.70. The first-order valence-electron chi connectivity index (χ1n) is 3.25. The van der Waals surface area contributed by atoms with Gasteiger partial charge in [-0.15, -0.1) is 0 Å². The Hall–Kier alpha value is -1.78. The molecular formula is C7H8N2O3. The molecule has 0 bridgehead atoms. The van der Waals surface area contributed by atoms with Gasteiger partial charge in [-0.3, -0.25) is 0 Å². The highest BCUT2D eigenvalue weighted by Gasteiger charge is 2.02. The summed E-state index contributed by atoms with van der Waals surface area (Å²) in [5.74, 6) is -0.558. The minimum absolute atomic E-state index is 0.193. The molecule has 1 aromatic heterocycles. The van der Waals surface area contributed by atoms with Gasteiger partial charge in [0.1, 0.15) is 0 Å². The number of rotatable bonds is 3. The number of pyridine rings is 1. The fraction of sp³-hybridized carbons (Fsp3) is 0.143. The van der Waals surface area contributed by atoms with Gasteiger partial charge in [-0.05, 0) is 12.1 Å². The normalized spacial score (nSPS) is 9.33. The number of nitrogens with two attached hydrogens (primary N) is 1. The Morgan fingerprint density at radius 1 is 1.75 bits per heavy atom. The van der Waals surface area contributed by atoms with E-state index >= 15 is 0 Å². The third kappa shape index (κ3) is 2.12. The molecule has 0 saturated carbocycles. The van der Waals surface area contributed by atoms with Crippen LogP contribution in [0.4, 0.5) is 5.82 Å². The number of ether oxygens (including phenoxy) is 1. The van der Waals surface area contributed by atoms with E-state index in [1.807, 2.05) is 0 Å². The lowest BCUT2D eigenvalue weighted by molar-refractivity contribution is -0.139. The van der Waals surface area contributed by atoms with Gasteiger partial charge in [0.2, 0.25) is 0 Å². The topological polar surface area (TPSA) is 85.4 Å². The van der Waals surface area contributed by atoms with Gasteiger partial charge in [0, 0.05) is 6.20 Å². The van der Waals surface area contributed by atoms with Crippen LogP contribution >= 0.6 is 0 Å². The van der Waals surface area contributed by atoms with E-state index < -0.39 is 12.6 Å². The Morgan fingerprint density at radius 2 is 2.50 bits per heavy atom. The molecule has 0 aliphatic rings. The lowest BCUT2D eigenvalue weighted by Gasteiger charge is -2.03. The molecule has 1 rings (SSSR count). The molecule has 0 aliphatic heterocycles. The van der Waals surface area contributed by atoms with Crippen molar-refractivity contribution in [2.24, 2.45) is 0 Å². The van der Waals surface area contributed by atoms with Crippen LogP contribution in [-0.4, -0.2) is 22.7 Å². The highest BCUT2D eigenvalue weighted by Crippen LogP contribution is 2.16. The van der Waals surface area contributed by atoms with Gasteiger partial charge < -0.3 is 15.6 Å². The lowest BCUT2D eigenvalue weighted by Crippen LogP contribution is -2.10. The van der Waals surface area contributed by atoms with E-state index in [4.69, 9.17) is 15.6 Å². The van der Waals surface area contributed by atoms with E-state index in [0.717, 1.165) is 0 Å². The van der Waals surface area contributed by atoms with Gasteiger partial charge >= 0.3 is 5.97 Å². The molecule has 0 aromatic carbocycles. The quantitative estimate of drug-likeness (QED) is 0.669. The summed E-state index contributed by atoms with van der Waals surface area (Å²) in [7, 11) is 0. The fourth-order valence-electron chi connectivity index (χ4n) is 0.664. The molecule has 12 heavy (non-hydrogen) atoms. The number of nitrogens with zero attached hydrogens (tertiary/aromatic N) is 1. The zero-order chi connectivity index (χ0) is 8.97. The molecule has 0 radical (unpaired) electrons. The maximum atomic E-state index is 10.1. The third-order valence-corrected chi connectivity index (χ3v) is 1.15. The minimum atomic E-state index is -1.04. The number of carboxylic acid groups (broad SMARTS) is 1. The zero-order valence-corrected chi connectivity index (χ0v) is 6.23. The lowest BCUT2D eigenvalue weighted by atomic mass is 10.4. The van der Waals surface area contributed by atoms with Crippen LogP contribution < -0.4 is 10.5 Å². The summed E-state index contributed by atoms with van der Waals surface area (Å²) < 4.78 is 4.81. The summed E-state index contributed by atoms with van der Waals surface area (Å²) in [5, 5.41) is 8.28. The molecule has 0 fully saturated rings. The summed E-state index contributed by atoms with van der Waals surface area (Å²) >= 11 is 0. The second kappa shape index (κ2) is 3.56. The molecule has 0 spiro atoms. The summed E-state index contributed by atoms with van der Waals surface area (Å²) in [4.78, 5) is 13.8. The SMILES string of the molecule is Nc1ncccc1OCC(=O)O. The molecule has 5 nitrogen and oxygen atoms in total. The molecule has 0 atom stereocenters. The minimum Gasteiger partial charge on any atom is -0.479 e. The number of carbonyl (C=O) groups is 1. The van der Waals surface area contributed by atoms with Gasteiger partial charge in [-0.2, -0.15) is 0 Å². The summed E-state index contributed by atoms with van der Waals surface area (Å²) in [5.41, 5.74) is 5.38. The molecular weight excluding hydrogens is 160 g/mol. The van der Waals surface area contributed by atoms with Gasteiger partial charge in [0.05, 0.1) is 0 Å². The van der Waals surface area contributed by atoms with Crippen LogP contribution in [0, 0.1) is 0 Å². The Morgan fingerprint density at radius 3 is 3.08 bits per heavy atom. The smallest absolute Gasteiger partial charge is 0.341 e. The molecule has 0 unspecified atom stereocenters. The Bertz CT molecular complexity index is 288. The van der Waals surface area contributed by atoms with Gasteiger partial charge in [-0.25, -0.2) is 9.78 Å². The molecule has 64 valence electrons. The van der Waals surface area contributed by atoms with Crippen molar-refractivity contribution in [3.63, 3.8) is 0 Å². The van der Waals surface area contributed by atoms with Crippen LogP contribution in [-0.2, 0) is 4.79 Å². The largest absolute Gasteiger partial charge is 0.479 e. The van der Waals surface area contributed by atoms with Crippen molar-refractivity contribution in [3.05, 3.63) is 18.3 Å². The fourth-order valence-corrected chi connectivity index (χ4v) is 0.664. The van der Waals surface area contributed by atoms with Crippen molar-refractivity contribution >= 4 is 11.8 Å². The zero-order valence-electron chi connectivity index (χ0n) is 6.23. The molecule has 0 aliphatic carbocycles. The van der Waals surface area contributed by atoms with Gasteiger partial charge in [0.25, 0.3) is 0 Å². The standard InChI is InChI=1S/C7H8N2O3/c8-7-5(2-1-3-9-7)12-4-6(10)11/h1-3H,4H2,(H2,8,9)(H,10,11). The van der Waals surface area contributed by atoms with Gasteiger partial charge in [-0.1, -0.05) is 0 Å². The first-order valence-corrected chi connectivity index (χ1v) is 3.25. The third-order valence-electron chi connectivity index (χ3n) is 1.15. The number of nitrogen functional groups attached to an aromatic ring is 1. The molecule has 0 saturated heterocycles. The van der Waals surface area contributed by atoms with Crippen LogP contribution in [0.1, 0.15) is 0 Å². The predicted molar refractivity (Wildman–Crippen MR) is 41.8 cm³/mol. The number of aromatic nitrogens is 1. The number of hydrogen-bond acceptors (Lipinski definition) is 4. The van der Waals surface area contributed by atoms with Crippen molar-refractivity contribution in [2.75, 3.05) is 12.3 Å². The van der Waals surface area contributed by atoms with E-state index in [1.165, 1.54) is 6.20 Å². The van der Waals surface area contributed by atoms with E-state index in [-0.39, 0.29) is 5.82 Å². The van der Waals surface area contributed by atoms with Gasteiger partial charge in [0.15, 0.2) is 18.2 Å². The van der Waals surface area contributed by atoms with Crippen molar-refractivity contribution in [3.8, 4) is 5.75 Å². The van der Waals surface area contributed by atoms with Crippen molar-refractivity contribution in [1.82, 2.24) is 4.98 Å². The van der Waals surface area contributed by atoms with Crippen molar-refractivity contribution < 1.29 is 14.6 Å². The molecule has 1 heterocycles. The van der Waals surface area contributed by atoms with Crippen LogP contribution in [0.3, 0.4) is 0 Å². The number of hydrogen-bond donors (Lipinski definition) is 2. The highest BCUT2D eigenvalue weighted by molar-refractivity contribution is 5.68. The van der Waals surface area contributed by atoms with Crippen LogP contribution in [0.5, 0.6) is 5.75 Å². The average molecular weight is 168 g/mol. The van der Waals surface area contributed by atoms with Crippen LogP contribution in [0.15, 0.2) is 18.3 Å². The molecule has 3 N–H and O–H groups in total. The second-order valence-electron chi connectivity index (χ2n) is 2.07. The number of anilines is 1. The predicted octanol–water partition coefficient (Wildman–Crippen LogP) is 0.127. The summed E-state index contributed by atoms with van der Waals surface area (Å²) in [6.07, 6.45) is 1.50. The second-order valence-corrected chi connectivity index (χ2v) is 2.07. The molecule has 1 aromatic rings. The van der Waals surface area contributed by atoms with Crippen LogP contribution in [0.25, 0.3) is 0 Å². The van der Waals surface area contributed by atoms with Crippen molar-refractivity contribution in [1.29, 1.82) is 0 Å². The van der Waals surface area contributed by atoms with E-state index in [9.17, 15) is 4.79 Å². The average Bonchev–Trinajstić information content (AvgIpc) is 2.03. The monoisotopic (exact) mass is 168 g/mol. The van der Waals surface area contributed by atoms with E-state index in [1.54, 1.807) is 12.1 Å². The molecule has 5 heteroatoms. The Kier molecular flexibility index (Phi) is 2.47. The Labute approximate surface area is 68.8 Å². The number of carboxylic acids is 1. The highest BCUT2D eigenvalue weighted by atomic mass is 16.5. The maximum Gasteiger partial charge on any atom is 0.341 e.